The van der Waals surface area contributed by atoms with Crippen LogP contribution in [-0.2, 0) is 0 Å². The van der Waals surface area contributed by atoms with Gasteiger partial charge in [-0.3, -0.25) is 15.0 Å². The van der Waals surface area contributed by atoms with Crippen molar-refractivity contribution in [3.05, 3.63) is 27.4 Å². The van der Waals surface area contributed by atoms with Crippen molar-refractivity contribution in [2.24, 2.45) is 0 Å². The van der Waals surface area contributed by atoms with Gasteiger partial charge in [-0.25, -0.2) is 4.98 Å². The van der Waals surface area contributed by atoms with Gasteiger partial charge in [-0.1, -0.05) is 18.5 Å². The third-order valence-corrected chi connectivity index (χ3v) is 3.78. The Morgan fingerprint density at radius 1 is 1.53 bits per heavy atom. The first-order chi connectivity index (χ1) is 9.02. The van der Waals surface area contributed by atoms with E-state index in [-0.39, 0.29) is 10.8 Å². The average Bonchev–Trinajstić information content (AvgIpc) is 2.38. The van der Waals surface area contributed by atoms with Crippen LogP contribution in [-0.4, -0.2) is 47.5 Å². The predicted octanol–water partition coefficient (Wildman–Crippen LogP) is 2.17. The number of nitrogens with zero attached hydrogens (tertiary/aromatic N) is 4. The summed E-state index contributed by atoms with van der Waals surface area (Å²) in [7, 11) is 2.07. The molecule has 1 saturated heterocycles. The van der Waals surface area contributed by atoms with Crippen LogP contribution in [0.15, 0.2) is 12.1 Å². The fourth-order valence-corrected chi connectivity index (χ4v) is 2.52. The molecule has 0 saturated carbocycles. The van der Waals surface area contributed by atoms with Crippen LogP contribution in [0, 0.1) is 10.1 Å². The standard InChI is InChI=1S/C12H17ClN4O2/c1-3-9-8-16(7-6-15(9)2)12-10(17(18)19)4-5-11(13)14-12/h4-5,9H,3,6-8H2,1-2H3. The number of anilines is 1. The van der Waals surface area contributed by atoms with Crippen LogP contribution in [0.1, 0.15) is 13.3 Å². The lowest BCUT2D eigenvalue weighted by atomic mass is 10.1. The second-order valence-electron chi connectivity index (χ2n) is 4.72. The zero-order chi connectivity index (χ0) is 14.0. The summed E-state index contributed by atoms with van der Waals surface area (Å²) in [5.74, 6) is 0.379. The molecule has 0 spiro atoms. The molecule has 2 rings (SSSR count). The monoisotopic (exact) mass is 284 g/mol. The van der Waals surface area contributed by atoms with Crippen LogP contribution in [0.25, 0.3) is 0 Å². The van der Waals surface area contributed by atoms with E-state index in [1.54, 1.807) is 0 Å². The quantitative estimate of drug-likeness (QED) is 0.484. The lowest BCUT2D eigenvalue weighted by Gasteiger charge is -2.39. The molecule has 104 valence electrons. The third kappa shape index (κ3) is 2.96. The molecule has 1 aliphatic heterocycles. The van der Waals surface area contributed by atoms with Gasteiger partial charge in [0.25, 0.3) is 0 Å². The first-order valence-electron chi connectivity index (χ1n) is 6.29. The molecule has 0 aromatic carbocycles. The number of nitro groups is 1. The molecule has 0 aliphatic carbocycles. The molecule has 7 heteroatoms. The Labute approximate surface area is 117 Å². The summed E-state index contributed by atoms with van der Waals surface area (Å²) in [6.07, 6.45) is 1.00. The van der Waals surface area contributed by atoms with Crippen molar-refractivity contribution in [3.63, 3.8) is 0 Å². The average molecular weight is 285 g/mol. The molecule has 1 fully saturated rings. The van der Waals surface area contributed by atoms with Gasteiger partial charge in [-0.05, 0) is 19.5 Å². The summed E-state index contributed by atoms with van der Waals surface area (Å²) in [4.78, 5) is 19.0. The fraction of sp³-hybridized carbons (Fsp3) is 0.583. The molecule has 1 atom stereocenters. The molecule has 0 radical (unpaired) electrons. The van der Waals surface area contributed by atoms with E-state index in [1.807, 2.05) is 4.90 Å². The lowest BCUT2D eigenvalue weighted by molar-refractivity contribution is -0.384. The van der Waals surface area contributed by atoms with Crippen LogP contribution in [0.2, 0.25) is 5.15 Å². The smallest absolute Gasteiger partial charge is 0.311 e. The minimum atomic E-state index is -0.405. The van der Waals surface area contributed by atoms with Gasteiger partial charge in [0, 0.05) is 31.7 Å². The van der Waals surface area contributed by atoms with Gasteiger partial charge in [0.15, 0.2) is 0 Å². The highest BCUT2D eigenvalue weighted by molar-refractivity contribution is 6.29. The van der Waals surface area contributed by atoms with Gasteiger partial charge in [-0.2, -0.15) is 0 Å². The highest BCUT2D eigenvalue weighted by Crippen LogP contribution is 2.29. The normalized spacial score (nSPS) is 20.6. The fourth-order valence-electron chi connectivity index (χ4n) is 2.37. The van der Waals surface area contributed by atoms with E-state index in [0.717, 1.165) is 26.1 Å². The highest BCUT2D eigenvalue weighted by Gasteiger charge is 2.28. The number of hydrogen-bond donors (Lipinski definition) is 0. The van der Waals surface area contributed by atoms with E-state index in [2.05, 4.69) is 23.9 Å². The molecule has 19 heavy (non-hydrogen) atoms. The topological polar surface area (TPSA) is 62.5 Å². The summed E-state index contributed by atoms with van der Waals surface area (Å²) in [5, 5.41) is 11.4. The second-order valence-corrected chi connectivity index (χ2v) is 5.11. The number of pyridine rings is 1. The first kappa shape index (κ1) is 14.0. The van der Waals surface area contributed by atoms with Gasteiger partial charge in [0.05, 0.1) is 4.92 Å². The van der Waals surface area contributed by atoms with Crippen LogP contribution >= 0.6 is 11.6 Å². The van der Waals surface area contributed by atoms with Crippen LogP contribution in [0.4, 0.5) is 11.5 Å². The Kier molecular flexibility index (Phi) is 4.21. The zero-order valence-electron chi connectivity index (χ0n) is 11.0. The van der Waals surface area contributed by atoms with Gasteiger partial charge < -0.3 is 4.90 Å². The number of piperazine rings is 1. The first-order valence-corrected chi connectivity index (χ1v) is 6.66. The summed E-state index contributed by atoms with van der Waals surface area (Å²) in [5.41, 5.74) is 0.0174. The highest BCUT2D eigenvalue weighted by atomic mass is 35.5. The number of likely N-dealkylation sites (N-methyl/N-ethyl adjacent to an activating group) is 1. The summed E-state index contributed by atoms with van der Waals surface area (Å²) in [6, 6.07) is 3.26. The largest absolute Gasteiger partial charge is 0.348 e. The van der Waals surface area contributed by atoms with Gasteiger partial charge in [-0.15, -0.1) is 0 Å². The molecule has 1 aromatic rings. The molecule has 2 heterocycles. The van der Waals surface area contributed by atoms with Crippen LogP contribution in [0.3, 0.4) is 0 Å². The van der Waals surface area contributed by atoms with Crippen molar-refractivity contribution in [2.45, 2.75) is 19.4 Å². The second kappa shape index (κ2) is 5.71. The van der Waals surface area contributed by atoms with Crippen LogP contribution < -0.4 is 4.90 Å². The van der Waals surface area contributed by atoms with Crippen LogP contribution in [0.5, 0.6) is 0 Å². The maximum atomic E-state index is 11.1. The predicted molar refractivity (Wildman–Crippen MR) is 74.8 cm³/mol. The maximum Gasteiger partial charge on any atom is 0.311 e. The van der Waals surface area contributed by atoms with Crippen molar-refractivity contribution in [3.8, 4) is 0 Å². The third-order valence-electron chi connectivity index (χ3n) is 3.57. The SMILES string of the molecule is CCC1CN(c2nc(Cl)ccc2[N+](=O)[O-])CCN1C. The number of rotatable bonds is 3. The van der Waals surface area contributed by atoms with Crippen molar-refractivity contribution >= 4 is 23.1 Å². The molecule has 1 aromatic heterocycles. The van der Waals surface area contributed by atoms with E-state index in [0.29, 0.717) is 11.9 Å². The number of halogens is 1. The van der Waals surface area contributed by atoms with Crippen molar-refractivity contribution < 1.29 is 4.92 Å². The summed E-state index contributed by atoms with van der Waals surface area (Å²) in [6.45, 7) is 4.44. The van der Waals surface area contributed by atoms with Gasteiger partial charge >= 0.3 is 5.69 Å². The Morgan fingerprint density at radius 2 is 2.26 bits per heavy atom. The van der Waals surface area contributed by atoms with E-state index in [9.17, 15) is 10.1 Å². The van der Waals surface area contributed by atoms with Gasteiger partial charge in [0.2, 0.25) is 5.82 Å². The molecular weight excluding hydrogens is 268 g/mol. The van der Waals surface area contributed by atoms with E-state index >= 15 is 0 Å². The number of hydrogen-bond acceptors (Lipinski definition) is 5. The maximum absolute atomic E-state index is 11.1. The zero-order valence-corrected chi connectivity index (χ0v) is 11.8. The molecule has 0 N–H and O–H groups in total. The van der Waals surface area contributed by atoms with Gasteiger partial charge in [0.1, 0.15) is 5.15 Å². The number of aromatic nitrogens is 1. The molecule has 6 nitrogen and oxygen atoms in total. The van der Waals surface area contributed by atoms with E-state index < -0.39 is 4.92 Å². The molecule has 1 aliphatic rings. The van der Waals surface area contributed by atoms with E-state index in [4.69, 9.17) is 11.6 Å². The Balaban J connectivity index is 2.31. The van der Waals surface area contributed by atoms with Crippen molar-refractivity contribution in [1.29, 1.82) is 0 Å². The minimum Gasteiger partial charge on any atom is -0.348 e. The molecule has 1 unspecified atom stereocenters. The van der Waals surface area contributed by atoms with Crippen molar-refractivity contribution in [2.75, 3.05) is 31.6 Å². The Bertz CT molecular complexity index is 483. The Hall–Kier alpha value is -1.40. The molecule has 0 bridgehead atoms. The molecular formula is C12H17ClN4O2. The lowest BCUT2D eigenvalue weighted by Crippen LogP contribution is -2.51. The summed E-state index contributed by atoms with van der Waals surface area (Å²) >= 11 is 5.87. The van der Waals surface area contributed by atoms with Crippen molar-refractivity contribution in [1.82, 2.24) is 9.88 Å². The molecule has 0 amide bonds. The summed E-state index contributed by atoms with van der Waals surface area (Å²) < 4.78 is 0. The Morgan fingerprint density at radius 3 is 2.89 bits per heavy atom. The van der Waals surface area contributed by atoms with E-state index in [1.165, 1.54) is 12.1 Å². The minimum absolute atomic E-state index is 0.0174.